The number of carbonyl (C=O) groups excluding carboxylic acids is 1. The molecule has 2 aliphatic rings. The first-order valence-electron chi connectivity index (χ1n) is 11.0. The molecule has 2 N–H and O–H groups in total. The summed E-state index contributed by atoms with van der Waals surface area (Å²) < 4.78 is 23.6. The molecule has 1 aromatic rings. The zero-order valence-corrected chi connectivity index (χ0v) is 21.2. The van der Waals surface area contributed by atoms with E-state index < -0.39 is 19.0 Å². The van der Waals surface area contributed by atoms with Crippen LogP contribution in [-0.4, -0.2) is 45.9 Å². The number of aliphatic hydroxyl groups excluding tert-OH is 1. The van der Waals surface area contributed by atoms with Crippen molar-refractivity contribution in [1.82, 2.24) is 9.88 Å². The lowest BCUT2D eigenvalue weighted by Gasteiger charge is -2.36. The summed E-state index contributed by atoms with van der Waals surface area (Å²) in [6.45, 7) is 16.5. The largest absolute Gasteiger partial charge is 0.509 e. The molecule has 0 aliphatic carbocycles. The van der Waals surface area contributed by atoms with Crippen molar-refractivity contribution in [2.75, 3.05) is 18.5 Å². The van der Waals surface area contributed by atoms with Crippen molar-refractivity contribution in [2.45, 2.75) is 67.9 Å². The maximum atomic E-state index is 13.7. The molecule has 1 amide bonds. The van der Waals surface area contributed by atoms with Crippen LogP contribution in [0.2, 0.25) is 0 Å². The molecule has 0 aromatic carbocycles. The van der Waals surface area contributed by atoms with Gasteiger partial charge in [-0.2, -0.15) is 4.76 Å². The first-order valence-corrected chi connectivity index (χ1v) is 12.6. The van der Waals surface area contributed by atoms with E-state index in [2.05, 4.69) is 35.8 Å². The van der Waals surface area contributed by atoms with Crippen molar-refractivity contribution in [2.24, 2.45) is 15.6 Å². The number of nitrogens with one attached hydrogen (secondary N) is 1. The highest BCUT2D eigenvalue weighted by Crippen LogP contribution is 2.52. The van der Waals surface area contributed by atoms with Crippen molar-refractivity contribution in [3.8, 4) is 0 Å². The second kappa shape index (κ2) is 8.31. The Hall–Kier alpha value is -2.18. The quantitative estimate of drug-likeness (QED) is 0.621. The van der Waals surface area contributed by atoms with Gasteiger partial charge < -0.3 is 19.8 Å². The summed E-state index contributed by atoms with van der Waals surface area (Å²) in [5.74, 6) is -0.0376. The molecule has 0 radical (unpaired) electrons. The van der Waals surface area contributed by atoms with Crippen LogP contribution in [0.3, 0.4) is 0 Å². The molecule has 176 valence electrons. The number of nitrogens with zero attached hydrogens (tertiary/aromatic N) is 3. The highest BCUT2D eigenvalue weighted by atomic mass is 31.2. The lowest BCUT2D eigenvalue weighted by molar-refractivity contribution is -0.128. The molecular formula is C23H35N4O4P. The van der Waals surface area contributed by atoms with Crippen LogP contribution in [0, 0.1) is 17.8 Å². The third-order valence-electron chi connectivity index (χ3n) is 5.54. The number of amides is 1. The van der Waals surface area contributed by atoms with E-state index in [9.17, 15) is 14.5 Å². The van der Waals surface area contributed by atoms with Crippen LogP contribution in [0.25, 0.3) is 0 Å². The number of anilines is 1. The van der Waals surface area contributed by atoms with Crippen molar-refractivity contribution in [3.63, 3.8) is 0 Å². The average molecular weight is 463 g/mol. The van der Waals surface area contributed by atoms with Gasteiger partial charge in [0.15, 0.2) is 5.84 Å². The molecule has 0 saturated carbocycles. The van der Waals surface area contributed by atoms with E-state index >= 15 is 0 Å². The fourth-order valence-corrected chi connectivity index (χ4v) is 5.83. The highest BCUT2D eigenvalue weighted by Gasteiger charge is 2.48. The molecule has 0 spiro atoms. The van der Waals surface area contributed by atoms with Crippen LogP contribution < -0.4 is 10.6 Å². The Kier molecular flexibility index (Phi) is 6.35. The molecule has 3 rings (SSSR count). The molecule has 9 heteroatoms. The number of aromatic nitrogens is 1. The van der Waals surface area contributed by atoms with Gasteiger partial charge in [0.1, 0.15) is 22.5 Å². The lowest BCUT2D eigenvalue weighted by Crippen LogP contribution is -2.45. The summed E-state index contributed by atoms with van der Waals surface area (Å²) in [6, 6.07) is 1.21. The number of hydrogen-bond donors (Lipinski definition) is 2. The lowest BCUT2D eigenvalue weighted by atomic mass is 9.84. The van der Waals surface area contributed by atoms with Crippen LogP contribution in [-0.2, 0) is 13.9 Å². The molecule has 8 nitrogen and oxygen atoms in total. The molecule has 1 unspecified atom stereocenters. The minimum absolute atomic E-state index is 0.0209. The smallest absolute Gasteiger partial charge is 0.350 e. The summed E-state index contributed by atoms with van der Waals surface area (Å²) in [4.78, 5) is 19.6. The molecule has 32 heavy (non-hydrogen) atoms. The summed E-state index contributed by atoms with van der Waals surface area (Å²) in [7, 11) is -3.67. The van der Waals surface area contributed by atoms with Crippen molar-refractivity contribution in [1.29, 1.82) is 0 Å². The third kappa shape index (κ3) is 4.62. The summed E-state index contributed by atoms with van der Waals surface area (Å²) in [5, 5.41) is 14.6. The number of aryl methyl sites for hydroxylation is 1. The van der Waals surface area contributed by atoms with Crippen molar-refractivity contribution < 1.29 is 19.0 Å². The molecule has 1 aromatic heterocycles. The molecule has 2 atom stereocenters. The Bertz CT molecular complexity index is 1030. The Morgan fingerprint density at radius 2 is 1.91 bits per heavy atom. The van der Waals surface area contributed by atoms with Crippen LogP contribution >= 0.6 is 7.52 Å². The predicted octanol–water partition coefficient (Wildman–Crippen LogP) is 4.57. The molecule has 2 aliphatic heterocycles. The van der Waals surface area contributed by atoms with E-state index in [0.29, 0.717) is 17.7 Å². The van der Waals surface area contributed by atoms with Gasteiger partial charge in [-0.1, -0.05) is 41.5 Å². The van der Waals surface area contributed by atoms with Gasteiger partial charge in [-0.05, 0) is 42.7 Å². The van der Waals surface area contributed by atoms with Gasteiger partial charge in [0, 0.05) is 12.7 Å². The second-order valence-electron chi connectivity index (χ2n) is 10.7. The van der Waals surface area contributed by atoms with Gasteiger partial charge >= 0.3 is 7.52 Å². The number of pyridine rings is 1. The summed E-state index contributed by atoms with van der Waals surface area (Å²) in [5.41, 5.74) is 0.467. The predicted molar refractivity (Wildman–Crippen MR) is 128 cm³/mol. The van der Waals surface area contributed by atoms with Gasteiger partial charge in [0.05, 0.1) is 12.6 Å². The standard InChI is InChI=1S/C23H35N4O4P/c1-9-31-32(30)15-12-14(2)13-24-19(15)25-20(26-32)16-17(28)18(23(6,7)8)27(21(16)29)11-10-22(3,4)5/h12-13,18,28H,9-11H2,1-8H3,(H,24,25,26,30)/t18-,32?/m1/s1. The van der Waals surface area contributed by atoms with E-state index in [-0.39, 0.29) is 35.1 Å². The number of amidine groups is 1. The minimum atomic E-state index is -3.67. The molecule has 0 fully saturated rings. The topological polar surface area (TPSA) is 104 Å². The first kappa shape index (κ1) is 24.5. The van der Waals surface area contributed by atoms with E-state index in [4.69, 9.17) is 4.52 Å². The Balaban J connectivity index is 2.10. The fourth-order valence-electron chi connectivity index (χ4n) is 4.02. The third-order valence-corrected chi connectivity index (χ3v) is 7.56. The van der Waals surface area contributed by atoms with Crippen LogP contribution in [0.15, 0.2) is 28.4 Å². The zero-order chi connectivity index (χ0) is 24.1. The van der Waals surface area contributed by atoms with Gasteiger partial charge in [-0.15, -0.1) is 0 Å². The maximum absolute atomic E-state index is 13.7. The Morgan fingerprint density at radius 1 is 1.25 bits per heavy atom. The van der Waals surface area contributed by atoms with Crippen molar-refractivity contribution in [3.05, 3.63) is 29.2 Å². The van der Waals surface area contributed by atoms with Crippen molar-refractivity contribution >= 4 is 30.4 Å². The number of hydrogen-bond acceptors (Lipinski definition) is 6. The SMILES string of the molecule is CCOP1(=O)N=C(C2=C(O)[C@H](C(C)(C)C)N(CCC(C)(C)C)C2=O)Nc2ncc(C)cc21. The van der Waals surface area contributed by atoms with Crippen LogP contribution in [0.1, 0.15) is 60.5 Å². The monoisotopic (exact) mass is 462 g/mol. The molecule has 3 heterocycles. The first-order chi connectivity index (χ1) is 14.7. The number of fused-ring (bicyclic) bond motifs is 1. The second-order valence-corrected chi connectivity index (χ2v) is 12.7. The van der Waals surface area contributed by atoms with E-state index in [0.717, 1.165) is 12.0 Å². The Morgan fingerprint density at radius 3 is 2.47 bits per heavy atom. The normalized spacial score (nSPS) is 23.9. The molecule has 0 bridgehead atoms. The Labute approximate surface area is 190 Å². The van der Waals surface area contributed by atoms with Gasteiger partial charge in [0.25, 0.3) is 5.91 Å². The van der Waals surface area contributed by atoms with Crippen LogP contribution in [0.5, 0.6) is 0 Å². The summed E-state index contributed by atoms with van der Waals surface area (Å²) in [6.07, 6.45) is 2.41. The highest BCUT2D eigenvalue weighted by molar-refractivity contribution is 7.66. The molecular weight excluding hydrogens is 427 g/mol. The molecule has 0 saturated heterocycles. The summed E-state index contributed by atoms with van der Waals surface area (Å²) >= 11 is 0. The van der Waals surface area contributed by atoms with Gasteiger partial charge in [-0.3, -0.25) is 9.36 Å². The fraction of sp³-hybridized carbons (Fsp3) is 0.609. The van der Waals surface area contributed by atoms with Gasteiger partial charge in [-0.25, -0.2) is 4.98 Å². The van der Waals surface area contributed by atoms with E-state index in [1.54, 1.807) is 24.1 Å². The number of carbonyl (C=O) groups is 1. The average Bonchev–Trinajstić information content (AvgIpc) is 2.90. The number of aliphatic hydroxyl groups is 1. The van der Waals surface area contributed by atoms with Crippen LogP contribution in [0.4, 0.5) is 5.82 Å². The maximum Gasteiger partial charge on any atom is 0.350 e. The van der Waals surface area contributed by atoms with E-state index in [1.807, 2.05) is 27.7 Å². The zero-order valence-electron chi connectivity index (χ0n) is 20.3. The minimum Gasteiger partial charge on any atom is -0.509 e. The van der Waals surface area contributed by atoms with Gasteiger partial charge in [0.2, 0.25) is 0 Å². The number of rotatable bonds is 5. The van der Waals surface area contributed by atoms with E-state index in [1.165, 1.54) is 0 Å².